The molecule has 1 atom stereocenters. The summed E-state index contributed by atoms with van der Waals surface area (Å²) in [5.41, 5.74) is 0. The average molecular weight is 441 g/mol. The first-order chi connectivity index (χ1) is 13.9. The third-order valence-electron chi connectivity index (χ3n) is 5.09. The zero-order valence-corrected chi connectivity index (χ0v) is 17.2. The highest BCUT2D eigenvalue weighted by Gasteiger charge is 2.36. The molecule has 0 saturated carbocycles. The number of benzene rings is 1. The van der Waals surface area contributed by atoms with E-state index in [4.69, 9.17) is 16.3 Å². The molecule has 2 saturated heterocycles. The van der Waals surface area contributed by atoms with Crippen molar-refractivity contribution in [3.63, 3.8) is 0 Å². The second kappa shape index (κ2) is 8.25. The van der Waals surface area contributed by atoms with Crippen molar-refractivity contribution in [3.8, 4) is 0 Å². The fraction of sp³-hybridized carbons (Fsp3) is 0.529. The Balaban J connectivity index is 1.37. The molecule has 1 unspecified atom stereocenters. The van der Waals surface area contributed by atoms with Crippen LogP contribution in [0.2, 0.25) is 5.02 Å². The lowest BCUT2D eigenvalue weighted by Crippen LogP contribution is -2.37. The van der Waals surface area contributed by atoms with Gasteiger partial charge in [-0.05, 0) is 35.9 Å². The largest absolute Gasteiger partial charge is 0.378 e. The average Bonchev–Trinajstić information content (AvgIpc) is 3.39. The maximum absolute atomic E-state index is 12.8. The Labute approximate surface area is 173 Å². The second-order valence-corrected chi connectivity index (χ2v) is 9.63. The van der Waals surface area contributed by atoms with Crippen molar-refractivity contribution in [3.05, 3.63) is 29.3 Å². The van der Waals surface area contributed by atoms with Crippen LogP contribution in [0, 0.1) is 0 Å². The molecule has 2 aromatic rings. The minimum atomic E-state index is -3.53. The maximum Gasteiger partial charge on any atom is 0.266 e. The Hall–Kier alpha value is -2.24. The van der Waals surface area contributed by atoms with Crippen molar-refractivity contribution in [1.29, 1.82) is 0 Å². The molecule has 1 aromatic heterocycles. The van der Waals surface area contributed by atoms with Crippen LogP contribution in [-0.2, 0) is 25.9 Å². The third-order valence-corrected chi connectivity index (χ3v) is 7.54. The zero-order valence-electron chi connectivity index (χ0n) is 15.6. The monoisotopic (exact) mass is 440 g/mol. The molecule has 10 nitrogen and oxygen atoms in total. The highest BCUT2D eigenvalue weighted by Crippen LogP contribution is 2.25. The van der Waals surface area contributed by atoms with Crippen molar-refractivity contribution >= 4 is 33.3 Å². The smallest absolute Gasteiger partial charge is 0.266 e. The Kier molecular flexibility index (Phi) is 5.70. The molecule has 0 aliphatic carbocycles. The SMILES string of the molecule is O=C(Cn1nnc(N2CCOCC2)n1)N1CCC(S(=O)(=O)c2ccc(Cl)cc2)C1. The van der Waals surface area contributed by atoms with Crippen LogP contribution < -0.4 is 4.90 Å². The number of likely N-dealkylation sites (tertiary alicyclic amines) is 1. The summed E-state index contributed by atoms with van der Waals surface area (Å²) in [6.07, 6.45) is 0.389. The van der Waals surface area contributed by atoms with E-state index in [1.807, 2.05) is 4.90 Å². The van der Waals surface area contributed by atoms with E-state index in [9.17, 15) is 13.2 Å². The summed E-state index contributed by atoms with van der Waals surface area (Å²) in [4.78, 5) is 17.6. The van der Waals surface area contributed by atoms with Crippen molar-refractivity contribution in [1.82, 2.24) is 25.1 Å². The number of amides is 1. The number of aromatic nitrogens is 4. The summed E-state index contributed by atoms with van der Waals surface area (Å²) in [6.45, 7) is 3.00. The fourth-order valence-electron chi connectivity index (χ4n) is 3.44. The Morgan fingerprint density at radius 1 is 1.17 bits per heavy atom. The van der Waals surface area contributed by atoms with Crippen LogP contribution in [0.4, 0.5) is 5.95 Å². The number of anilines is 1. The van der Waals surface area contributed by atoms with Gasteiger partial charge in [0.2, 0.25) is 5.91 Å². The number of halogens is 1. The van der Waals surface area contributed by atoms with E-state index >= 15 is 0 Å². The predicted molar refractivity (Wildman–Crippen MR) is 104 cm³/mol. The van der Waals surface area contributed by atoms with Crippen LogP contribution in [0.1, 0.15) is 6.42 Å². The van der Waals surface area contributed by atoms with Crippen molar-refractivity contribution < 1.29 is 17.9 Å². The molecule has 1 amide bonds. The van der Waals surface area contributed by atoms with Crippen molar-refractivity contribution in [2.75, 3.05) is 44.3 Å². The standard InChI is InChI=1S/C17H21ClN6O4S/c18-13-1-3-14(4-2-13)29(26,27)15-5-6-23(11-15)16(25)12-24-20-17(19-21-24)22-7-9-28-10-8-22/h1-4,15H,5-12H2. The highest BCUT2D eigenvalue weighted by atomic mass is 35.5. The van der Waals surface area contributed by atoms with Gasteiger partial charge in [0, 0.05) is 31.2 Å². The molecule has 0 bridgehead atoms. The van der Waals surface area contributed by atoms with E-state index in [0.29, 0.717) is 50.2 Å². The van der Waals surface area contributed by atoms with Gasteiger partial charge in [-0.1, -0.05) is 16.7 Å². The van der Waals surface area contributed by atoms with E-state index < -0.39 is 15.1 Å². The van der Waals surface area contributed by atoms with Gasteiger partial charge >= 0.3 is 0 Å². The van der Waals surface area contributed by atoms with Gasteiger partial charge in [-0.15, -0.1) is 5.10 Å². The minimum absolute atomic E-state index is 0.0783. The lowest BCUT2D eigenvalue weighted by atomic mass is 10.4. The molecule has 29 heavy (non-hydrogen) atoms. The minimum Gasteiger partial charge on any atom is -0.378 e. The van der Waals surface area contributed by atoms with Gasteiger partial charge in [0.1, 0.15) is 6.54 Å². The summed E-state index contributed by atoms with van der Waals surface area (Å²) in [5, 5.41) is 12.0. The van der Waals surface area contributed by atoms with E-state index in [1.165, 1.54) is 21.8 Å². The number of ether oxygens (including phenoxy) is 1. The quantitative estimate of drug-likeness (QED) is 0.650. The molecule has 2 aliphatic rings. The molecule has 4 rings (SSSR count). The van der Waals surface area contributed by atoms with E-state index in [0.717, 1.165) is 0 Å². The first kappa shape index (κ1) is 20.0. The molecule has 0 radical (unpaired) electrons. The molecule has 3 heterocycles. The second-order valence-electron chi connectivity index (χ2n) is 6.97. The normalized spacial score (nSPS) is 20.2. The van der Waals surface area contributed by atoms with Crippen LogP contribution in [0.25, 0.3) is 0 Å². The summed E-state index contributed by atoms with van der Waals surface area (Å²) >= 11 is 5.84. The molecule has 2 fully saturated rings. The van der Waals surface area contributed by atoms with Crippen LogP contribution in [0.3, 0.4) is 0 Å². The van der Waals surface area contributed by atoms with Gasteiger partial charge in [0.25, 0.3) is 5.95 Å². The number of sulfone groups is 1. The zero-order chi connectivity index (χ0) is 20.4. The molecule has 1 aromatic carbocycles. The maximum atomic E-state index is 12.8. The lowest BCUT2D eigenvalue weighted by molar-refractivity contribution is -0.131. The molecule has 156 valence electrons. The summed E-state index contributed by atoms with van der Waals surface area (Å²) in [6, 6.07) is 6.09. The van der Waals surface area contributed by atoms with E-state index in [-0.39, 0.29) is 23.9 Å². The van der Waals surface area contributed by atoms with Gasteiger partial charge in [0.15, 0.2) is 9.84 Å². The van der Waals surface area contributed by atoms with Crippen LogP contribution >= 0.6 is 11.6 Å². The van der Waals surface area contributed by atoms with Gasteiger partial charge < -0.3 is 14.5 Å². The van der Waals surface area contributed by atoms with E-state index in [2.05, 4.69) is 15.4 Å². The number of rotatable bonds is 5. The number of hydrogen-bond acceptors (Lipinski definition) is 8. The number of carbonyl (C=O) groups excluding carboxylic acids is 1. The number of morpholine rings is 1. The van der Waals surface area contributed by atoms with Gasteiger partial charge in [-0.2, -0.15) is 4.80 Å². The molecular formula is C17H21ClN6O4S. The molecule has 0 spiro atoms. The molecular weight excluding hydrogens is 420 g/mol. The highest BCUT2D eigenvalue weighted by molar-refractivity contribution is 7.92. The molecule has 2 aliphatic heterocycles. The first-order valence-electron chi connectivity index (χ1n) is 9.31. The van der Waals surface area contributed by atoms with Gasteiger partial charge in [-0.3, -0.25) is 4.79 Å². The van der Waals surface area contributed by atoms with Gasteiger partial charge in [-0.25, -0.2) is 8.42 Å². The van der Waals surface area contributed by atoms with Crippen LogP contribution in [0.5, 0.6) is 0 Å². The fourth-order valence-corrected chi connectivity index (χ4v) is 5.26. The molecule has 12 heteroatoms. The number of hydrogen-bond donors (Lipinski definition) is 0. The Bertz CT molecular complexity index is 974. The summed E-state index contributed by atoms with van der Waals surface area (Å²) in [5.74, 6) is 0.232. The third kappa shape index (κ3) is 4.36. The lowest BCUT2D eigenvalue weighted by Gasteiger charge is -2.24. The van der Waals surface area contributed by atoms with Crippen molar-refractivity contribution in [2.45, 2.75) is 23.1 Å². The van der Waals surface area contributed by atoms with E-state index in [1.54, 1.807) is 12.1 Å². The first-order valence-corrected chi connectivity index (χ1v) is 11.2. The van der Waals surface area contributed by atoms with Crippen molar-refractivity contribution in [2.24, 2.45) is 0 Å². The Morgan fingerprint density at radius 2 is 1.90 bits per heavy atom. The van der Waals surface area contributed by atoms with Gasteiger partial charge in [0.05, 0.1) is 23.4 Å². The summed E-state index contributed by atoms with van der Waals surface area (Å²) < 4.78 is 30.9. The number of carbonyl (C=O) groups is 1. The summed E-state index contributed by atoms with van der Waals surface area (Å²) in [7, 11) is -3.53. The topological polar surface area (TPSA) is 111 Å². The van der Waals surface area contributed by atoms with Crippen LogP contribution in [0.15, 0.2) is 29.2 Å². The van der Waals surface area contributed by atoms with Crippen LogP contribution in [-0.4, -0.2) is 84.1 Å². The number of tetrazole rings is 1. The number of nitrogens with zero attached hydrogens (tertiary/aromatic N) is 6. The predicted octanol–water partition coefficient (Wildman–Crippen LogP) is 0.238. The molecule has 0 N–H and O–H groups in total. The Morgan fingerprint density at radius 3 is 2.62 bits per heavy atom.